The van der Waals surface area contributed by atoms with Crippen LogP contribution in [0.2, 0.25) is 0 Å². The number of rotatable bonds is 3. The summed E-state index contributed by atoms with van der Waals surface area (Å²) in [7, 11) is 1.73. The van der Waals surface area contributed by atoms with Gasteiger partial charge in [-0.15, -0.1) is 0 Å². The number of fused-ring (bicyclic) bond motifs is 1. The zero-order valence-electron chi connectivity index (χ0n) is 12.6. The smallest absolute Gasteiger partial charge is 0.256 e. The molecule has 112 valence electrons. The number of hydrogen-bond acceptors (Lipinski definition) is 1. The number of aromatic amines is 1. The molecule has 0 saturated heterocycles. The molecule has 3 rings (SSSR count). The van der Waals surface area contributed by atoms with Gasteiger partial charge in [0.2, 0.25) is 0 Å². The molecule has 22 heavy (non-hydrogen) atoms. The van der Waals surface area contributed by atoms with Crippen LogP contribution in [0.3, 0.4) is 0 Å². The van der Waals surface area contributed by atoms with Crippen molar-refractivity contribution < 1.29 is 9.18 Å². The number of nitrogens with one attached hydrogen (secondary N) is 1. The molecule has 0 unspecified atom stereocenters. The molecule has 0 atom stereocenters. The average Bonchev–Trinajstić information content (AvgIpc) is 2.85. The second-order valence-electron chi connectivity index (χ2n) is 5.43. The molecule has 0 bridgehead atoms. The summed E-state index contributed by atoms with van der Waals surface area (Å²) in [4.78, 5) is 17.4. The van der Waals surface area contributed by atoms with E-state index < -0.39 is 0 Å². The second kappa shape index (κ2) is 5.64. The predicted octanol–water partition coefficient (Wildman–Crippen LogP) is 3.89. The average molecular weight is 296 g/mol. The standard InChI is InChI=1S/C18H17FN2O/c1-12-16(17-14(19)9-6-10-15(17)20-12)18(22)21(2)11-13-7-4-3-5-8-13/h3-10,20H,11H2,1-2H3. The lowest BCUT2D eigenvalue weighted by Gasteiger charge is -2.17. The van der Waals surface area contributed by atoms with Crippen molar-refractivity contribution >= 4 is 16.8 Å². The highest BCUT2D eigenvalue weighted by Crippen LogP contribution is 2.26. The molecule has 1 heterocycles. The van der Waals surface area contributed by atoms with Gasteiger partial charge in [-0.1, -0.05) is 36.4 Å². The fourth-order valence-corrected chi connectivity index (χ4v) is 2.72. The zero-order valence-corrected chi connectivity index (χ0v) is 12.6. The van der Waals surface area contributed by atoms with E-state index in [1.807, 2.05) is 30.3 Å². The molecule has 0 saturated carbocycles. The Morgan fingerprint density at radius 3 is 2.59 bits per heavy atom. The number of carbonyl (C=O) groups is 1. The van der Waals surface area contributed by atoms with Gasteiger partial charge in [0.15, 0.2) is 0 Å². The van der Waals surface area contributed by atoms with Crippen LogP contribution in [0.25, 0.3) is 10.9 Å². The van der Waals surface area contributed by atoms with E-state index in [0.717, 1.165) is 5.56 Å². The number of halogens is 1. The quantitative estimate of drug-likeness (QED) is 0.782. The van der Waals surface area contributed by atoms with Crippen LogP contribution in [0.1, 0.15) is 21.6 Å². The summed E-state index contributed by atoms with van der Waals surface area (Å²) >= 11 is 0. The number of amides is 1. The lowest BCUT2D eigenvalue weighted by atomic mass is 10.1. The van der Waals surface area contributed by atoms with Crippen molar-refractivity contribution in [2.24, 2.45) is 0 Å². The van der Waals surface area contributed by atoms with Gasteiger partial charge in [-0.3, -0.25) is 4.79 Å². The number of benzene rings is 2. The first-order chi connectivity index (χ1) is 10.6. The maximum Gasteiger partial charge on any atom is 0.256 e. The number of aryl methyl sites for hydroxylation is 1. The van der Waals surface area contributed by atoms with Gasteiger partial charge < -0.3 is 9.88 Å². The van der Waals surface area contributed by atoms with Crippen LogP contribution in [0, 0.1) is 12.7 Å². The maximum atomic E-state index is 14.1. The van der Waals surface area contributed by atoms with Gasteiger partial charge >= 0.3 is 0 Å². The predicted molar refractivity (Wildman–Crippen MR) is 85.2 cm³/mol. The minimum Gasteiger partial charge on any atom is -0.358 e. The first kappa shape index (κ1) is 14.3. The number of hydrogen-bond donors (Lipinski definition) is 1. The third-order valence-corrected chi connectivity index (χ3v) is 3.78. The molecule has 0 fully saturated rings. The van der Waals surface area contributed by atoms with Gasteiger partial charge in [-0.05, 0) is 24.6 Å². The molecule has 0 radical (unpaired) electrons. The Kier molecular flexibility index (Phi) is 3.67. The van der Waals surface area contributed by atoms with Crippen molar-refractivity contribution in [1.29, 1.82) is 0 Å². The van der Waals surface area contributed by atoms with Crippen LogP contribution in [-0.2, 0) is 6.54 Å². The van der Waals surface area contributed by atoms with E-state index in [-0.39, 0.29) is 11.7 Å². The number of nitrogens with zero attached hydrogens (tertiary/aromatic N) is 1. The van der Waals surface area contributed by atoms with Gasteiger partial charge in [-0.2, -0.15) is 0 Å². The van der Waals surface area contributed by atoms with E-state index >= 15 is 0 Å². The van der Waals surface area contributed by atoms with Crippen LogP contribution >= 0.6 is 0 Å². The summed E-state index contributed by atoms with van der Waals surface area (Å²) in [6.07, 6.45) is 0. The summed E-state index contributed by atoms with van der Waals surface area (Å²) in [5.74, 6) is -0.559. The van der Waals surface area contributed by atoms with Crippen LogP contribution in [-0.4, -0.2) is 22.8 Å². The number of H-pyrrole nitrogens is 1. The summed E-state index contributed by atoms with van der Waals surface area (Å²) in [6, 6.07) is 14.5. The maximum absolute atomic E-state index is 14.1. The second-order valence-corrected chi connectivity index (χ2v) is 5.43. The fourth-order valence-electron chi connectivity index (χ4n) is 2.72. The molecule has 0 spiro atoms. The van der Waals surface area contributed by atoms with E-state index in [4.69, 9.17) is 0 Å². The number of carbonyl (C=O) groups excluding carboxylic acids is 1. The third-order valence-electron chi connectivity index (χ3n) is 3.78. The van der Waals surface area contributed by atoms with Crippen LogP contribution in [0.4, 0.5) is 4.39 Å². The molecular formula is C18H17FN2O. The third kappa shape index (κ3) is 2.48. The Balaban J connectivity index is 1.97. The topological polar surface area (TPSA) is 36.1 Å². The van der Waals surface area contributed by atoms with Gasteiger partial charge in [-0.25, -0.2) is 4.39 Å². The largest absolute Gasteiger partial charge is 0.358 e. The zero-order chi connectivity index (χ0) is 15.7. The molecule has 2 aromatic carbocycles. The first-order valence-corrected chi connectivity index (χ1v) is 7.14. The van der Waals surface area contributed by atoms with Crippen molar-refractivity contribution in [2.75, 3.05) is 7.05 Å². The molecular weight excluding hydrogens is 279 g/mol. The van der Waals surface area contributed by atoms with E-state index in [9.17, 15) is 9.18 Å². The van der Waals surface area contributed by atoms with Gasteiger partial charge in [0.05, 0.1) is 5.56 Å². The molecule has 1 N–H and O–H groups in total. The first-order valence-electron chi connectivity index (χ1n) is 7.14. The highest BCUT2D eigenvalue weighted by Gasteiger charge is 2.21. The van der Waals surface area contributed by atoms with Gasteiger partial charge in [0.1, 0.15) is 5.82 Å². The van der Waals surface area contributed by atoms with Crippen LogP contribution in [0.15, 0.2) is 48.5 Å². The molecule has 0 aliphatic carbocycles. The normalized spacial score (nSPS) is 10.9. The van der Waals surface area contributed by atoms with Crippen molar-refractivity contribution in [3.8, 4) is 0 Å². The lowest BCUT2D eigenvalue weighted by Crippen LogP contribution is -2.26. The summed E-state index contributed by atoms with van der Waals surface area (Å²) in [5.41, 5.74) is 2.78. The van der Waals surface area contributed by atoms with Crippen LogP contribution in [0.5, 0.6) is 0 Å². The monoisotopic (exact) mass is 296 g/mol. The SMILES string of the molecule is Cc1[nH]c2cccc(F)c2c1C(=O)N(C)Cc1ccccc1. The summed E-state index contributed by atoms with van der Waals surface area (Å²) < 4.78 is 14.1. The van der Waals surface area contributed by atoms with E-state index in [2.05, 4.69) is 4.98 Å². The minimum absolute atomic E-state index is 0.183. The Labute approximate surface area is 128 Å². The molecule has 4 heteroatoms. The van der Waals surface area contributed by atoms with E-state index in [0.29, 0.717) is 28.7 Å². The molecule has 3 aromatic rings. The van der Waals surface area contributed by atoms with Crippen LogP contribution < -0.4 is 0 Å². The van der Waals surface area contributed by atoms with Gasteiger partial charge in [0.25, 0.3) is 5.91 Å². The van der Waals surface area contributed by atoms with E-state index in [1.165, 1.54) is 6.07 Å². The molecule has 3 nitrogen and oxygen atoms in total. The van der Waals surface area contributed by atoms with E-state index in [1.54, 1.807) is 31.0 Å². The Bertz CT molecular complexity index is 824. The highest BCUT2D eigenvalue weighted by molar-refractivity contribution is 6.08. The van der Waals surface area contributed by atoms with Gasteiger partial charge in [0, 0.05) is 30.2 Å². The summed E-state index contributed by atoms with van der Waals surface area (Å²) in [5, 5.41) is 0.366. The Hall–Kier alpha value is -2.62. The van der Waals surface area contributed by atoms with Crippen molar-refractivity contribution in [3.05, 3.63) is 71.2 Å². The minimum atomic E-state index is -0.377. The molecule has 1 amide bonds. The van der Waals surface area contributed by atoms with Crippen molar-refractivity contribution in [1.82, 2.24) is 9.88 Å². The Morgan fingerprint density at radius 2 is 1.86 bits per heavy atom. The summed E-state index contributed by atoms with van der Waals surface area (Å²) in [6.45, 7) is 2.28. The molecule has 0 aliphatic rings. The molecule has 1 aromatic heterocycles. The Morgan fingerprint density at radius 1 is 1.14 bits per heavy atom. The molecule has 0 aliphatic heterocycles. The highest BCUT2D eigenvalue weighted by atomic mass is 19.1. The fraction of sp³-hybridized carbons (Fsp3) is 0.167. The van der Waals surface area contributed by atoms with Crippen molar-refractivity contribution in [2.45, 2.75) is 13.5 Å². The lowest BCUT2D eigenvalue weighted by molar-refractivity contribution is 0.0786. The number of aromatic nitrogens is 1. The van der Waals surface area contributed by atoms with Crippen molar-refractivity contribution in [3.63, 3.8) is 0 Å².